The number of Topliss-reactive ketones (excluding diaryl/α,β-unsaturated/α-hetero) is 1. The molecule has 0 N–H and O–H groups in total. The van der Waals surface area contributed by atoms with Crippen LogP contribution in [-0.2, 0) is 17.6 Å². The molecule has 0 unspecified atom stereocenters. The summed E-state index contributed by atoms with van der Waals surface area (Å²) in [7, 11) is 1.42. The normalized spacial score (nSPS) is 10.4. The zero-order chi connectivity index (χ0) is 15.1. The van der Waals surface area contributed by atoms with Gasteiger partial charge in [-0.3, -0.25) is 4.79 Å². The van der Waals surface area contributed by atoms with E-state index < -0.39 is 5.82 Å². The van der Waals surface area contributed by atoms with E-state index in [4.69, 9.17) is 4.74 Å². The lowest BCUT2D eigenvalue weighted by Crippen LogP contribution is -2.04. The van der Waals surface area contributed by atoms with E-state index in [0.29, 0.717) is 12.0 Å². The van der Waals surface area contributed by atoms with E-state index in [-0.39, 0.29) is 18.0 Å². The lowest BCUT2D eigenvalue weighted by Gasteiger charge is -2.05. The maximum Gasteiger partial charge on any atom is 0.165 e. The van der Waals surface area contributed by atoms with Crippen LogP contribution in [0.3, 0.4) is 0 Å². The summed E-state index contributed by atoms with van der Waals surface area (Å²) in [4.78, 5) is 11.9. The third-order valence-corrected chi connectivity index (χ3v) is 3.38. The van der Waals surface area contributed by atoms with Crippen molar-refractivity contribution in [3.05, 3.63) is 65.5 Å². The van der Waals surface area contributed by atoms with Crippen molar-refractivity contribution < 1.29 is 13.9 Å². The van der Waals surface area contributed by atoms with E-state index >= 15 is 0 Å². The molecule has 3 heteroatoms. The minimum atomic E-state index is -0.424. The van der Waals surface area contributed by atoms with Crippen LogP contribution in [0, 0.1) is 5.82 Å². The average molecular weight is 286 g/mol. The number of aryl methyl sites for hydroxylation is 1. The second-order valence-electron chi connectivity index (χ2n) is 5.02. The highest BCUT2D eigenvalue weighted by Crippen LogP contribution is 2.18. The molecule has 110 valence electrons. The van der Waals surface area contributed by atoms with Crippen molar-refractivity contribution in [2.24, 2.45) is 0 Å². The molecule has 0 amide bonds. The summed E-state index contributed by atoms with van der Waals surface area (Å²) in [5.41, 5.74) is 1.93. The number of carbonyl (C=O) groups excluding carboxylic acids is 1. The molecule has 0 bridgehead atoms. The van der Waals surface area contributed by atoms with Gasteiger partial charge in [0.15, 0.2) is 11.6 Å². The topological polar surface area (TPSA) is 26.3 Å². The maximum atomic E-state index is 13.5. The predicted octanol–water partition coefficient (Wildman–Crippen LogP) is 3.97. The van der Waals surface area contributed by atoms with E-state index in [1.54, 1.807) is 12.1 Å². The Kier molecular flexibility index (Phi) is 5.50. The standard InChI is InChI=1S/C18H19FO2/c1-21-18-11-10-15(13-17(18)19)12-16(20)9-5-8-14-6-3-2-4-7-14/h2-4,6-7,10-11,13H,5,8-9,12H2,1H3. The summed E-state index contributed by atoms with van der Waals surface area (Å²) in [6.07, 6.45) is 2.50. The molecule has 0 aliphatic rings. The number of methoxy groups -OCH3 is 1. The van der Waals surface area contributed by atoms with E-state index in [1.807, 2.05) is 18.2 Å². The summed E-state index contributed by atoms with van der Waals surface area (Å²) >= 11 is 0. The highest BCUT2D eigenvalue weighted by Gasteiger charge is 2.08. The van der Waals surface area contributed by atoms with Crippen molar-refractivity contribution in [3.63, 3.8) is 0 Å². The Morgan fingerprint density at radius 1 is 1.10 bits per heavy atom. The fourth-order valence-electron chi connectivity index (χ4n) is 2.27. The summed E-state index contributed by atoms with van der Waals surface area (Å²) < 4.78 is 18.4. The molecule has 0 atom stereocenters. The number of hydrogen-bond donors (Lipinski definition) is 0. The van der Waals surface area contributed by atoms with Gasteiger partial charge in [-0.2, -0.15) is 0 Å². The minimum Gasteiger partial charge on any atom is -0.494 e. The van der Waals surface area contributed by atoms with E-state index in [1.165, 1.54) is 18.7 Å². The van der Waals surface area contributed by atoms with Crippen molar-refractivity contribution in [1.29, 1.82) is 0 Å². The SMILES string of the molecule is COc1ccc(CC(=O)CCCc2ccccc2)cc1F. The molecule has 0 aromatic heterocycles. The third-order valence-electron chi connectivity index (χ3n) is 3.38. The van der Waals surface area contributed by atoms with Crippen LogP contribution in [0.25, 0.3) is 0 Å². The number of benzene rings is 2. The first kappa shape index (κ1) is 15.2. The van der Waals surface area contributed by atoms with Crippen LogP contribution >= 0.6 is 0 Å². The molecule has 0 spiro atoms. The smallest absolute Gasteiger partial charge is 0.165 e. The zero-order valence-electron chi connectivity index (χ0n) is 12.1. The predicted molar refractivity (Wildman–Crippen MR) is 81.0 cm³/mol. The molecule has 2 rings (SSSR count). The Morgan fingerprint density at radius 2 is 1.86 bits per heavy atom. The molecule has 2 aromatic carbocycles. The summed E-state index contributed by atoms with van der Waals surface area (Å²) in [5.74, 6) is -0.0853. The van der Waals surface area contributed by atoms with Gasteiger partial charge >= 0.3 is 0 Å². The van der Waals surface area contributed by atoms with Gasteiger partial charge in [0.25, 0.3) is 0 Å². The van der Waals surface area contributed by atoms with Gasteiger partial charge in [-0.25, -0.2) is 4.39 Å². The van der Waals surface area contributed by atoms with Gasteiger partial charge in [0.05, 0.1) is 7.11 Å². The first-order valence-corrected chi connectivity index (χ1v) is 7.07. The lowest BCUT2D eigenvalue weighted by molar-refractivity contribution is -0.118. The molecule has 0 saturated heterocycles. The van der Waals surface area contributed by atoms with Crippen molar-refractivity contribution >= 4 is 5.78 Å². The Morgan fingerprint density at radius 3 is 2.52 bits per heavy atom. The first-order chi connectivity index (χ1) is 10.2. The lowest BCUT2D eigenvalue weighted by atomic mass is 10.0. The monoisotopic (exact) mass is 286 g/mol. The maximum absolute atomic E-state index is 13.5. The Balaban J connectivity index is 1.80. The largest absolute Gasteiger partial charge is 0.494 e. The molecule has 21 heavy (non-hydrogen) atoms. The first-order valence-electron chi connectivity index (χ1n) is 7.07. The van der Waals surface area contributed by atoms with Gasteiger partial charge in [0.2, 0.25) is 0 Å². The van der Waals surface area contributed by atoms with Gasteiger partial charge < -0.3 is 4.74 Å². The van der Waals surface area contributed by atoms with E-state index in [0.717, 1.165) is 12.8 Å². The van der Waals surface area contributed by atoms with Gasteiger partial charge in [0, 0.05) is 12.8 Å². The van der Waals surface area contributed by atoms with Gasteiger partial charge in [-0.05, 0) is 36.1 Å². The van der Waals surface area contributed by atoms with Crippen LogP contribution < -0.4 is 4.74 Å². The highest BCUT2D eigenvalue weighted by atomic mass is 19.1. The number of carbonyl (C=O) groups is 1. The molecule has 0 radical (unpaired) electrons. The molecule has 2 nitrogen and oxygen atoms in total. The van der Waals surface area contributed by atoms with Crippen LogP contribution in [0.15, 0.2) is 48.5 Å². The Bertz CT molecular complexity index is 593. The molecule has 0 aliphatic carbocycles. The van der Waals surface area contributed by atoms with Crippen molar-refractivity contribution in [2.75, 3.05) is 7.11 Å². The van der Waals surface area contributed by atoms with Crippen LogP contribution in [-0.4, -0.2) is 12.9 Å². The van der Waals surface area contributed by atoms with Crippen molar-refractivity contribution in [3.8, 4) is 5.75 Å². The van der Waals surface area contributed by atoms with Gasteiger partial charge in [-0.15, -0.1) is 0 Å². The second-order valence-corrected chi connectivity index (χ2v) is 5.02. The highest BCUT2D eigenvalue weighted by molar-refractivity contribution is 5.80. The number of ether oxygens (including phenoxy) is 1. The Labute approximate surface area is 124 Å². The molecule has 0 aliphatic heterocycles. The molecule has 2 aromatic rings. The fraction of sp³-hybridized carbons (Fsp3) is 0.278. The van der Waals surface area contributed by atoms with Gasteiger partial charge in [-0.1, -0.05) is 36.4 Å². The quantitative estimate of drug-likeness (QED) is 0.770. The van der Waals surface area contributed by atoms with Crippen LogP contribution in [0.5, 0.6) is 5.75 Å². The molecule has 0 heterocycles. The fourth-order valence-corrected chi connectivity index (χ4v) is 2.27. The Hall–Kier alpha value is -2.16. The second kappa shape index (κ2) is 7.58. The third kappa shape index (κ3) is 4.71. The molecular weight excluding hydrogens is 267 g/mol. The minimum absolute atomic E-state index is 0.135. The molecular formula is C18H19FO2. The van der Waals surface area contributed by atoms with Crippen LogP contribution in [0.2, 0.25) is 0 Å². The number of rotatable bonds is 7. The van der Waals surface area contributed by atoms with E-state index in [2.05, 4.69) is 12.1 Å². The van der Waals surface area contributed by atoms with Crippen LogP contribution in [0.1, 0.15) is 24.0 Å². The van der Waals surface area contributed by atoms with E-state index in [9.17, 15) is 9.18 Å². The van der Waals surface area contributed by atoms with Crippen molar-refractivity contribution in [2.45, 2.75) is 25.7 Å². The average Bonchev–Trinajstić information content (AvgIpc) is 2.48. The molecule has 0 saturated carbocycles. The molecule has 0 fully saturated rings. The van der Waals surface area contributed by atoms with Crippen molar-refractivity contribution in [1.82, 2.24) is 0 Å². The van der Waals surface area contributed by atoms with Crippen LogP contribution in [0.4, 0.5) is 4.39 Å². The summed E-state index contributed by atoms with van der Waals surface area (Å²) in [5, 5.41) is 0. The number of hydrogen-bond acceptors (Lipinski definition) is 2. The summed E-state index contributed by atoms with van der Waals surface area (Å²) in [6.45, 7) is 0. The van der Waals surface area contributed by atoms with Gasteiger partial charge in [0.1, 0.15) is 5.78 Å². The zero-order valence-corrected chi connectivity index (χ0v) is 12.1. The summed E-state index contributed by atoms with van der Waals surface area (Å²) in [6, 6.07) is 14.8. The number of halogens is 1. The number of ketones is 1.